The molecule has 1 aromatic rings. The van der Waals surface area contributed by atoms with Crippen LogP contribution in [0, 0.1) is 11.3 Å². The van der Waals surface area contributed by atoms with Crippen molar-refractivity contribution in [1.29, 1.82) is 0 Å². The van der Waals surface area contributed by atoms with Crippen molar-refractivity contribution in [3.8, 4) is 0 Å². The van der Waals surface area contributed by atoms with Crippen molar-refractivity contribution in [1.82, 2.24) is 5.32 Å². The third kappa shape index (κ3) is 4.60. The first-order chi connectivity index (χ1) is 9.78. The van der Waals surface area contributed by atoms with Gasteiger partial charge in [0.15, 0.2) is 0 Å². The first kappa shape index (κ1) is 16.0. The van der Waals surface area contributed by atoms with Gasteiger partial charge in [0.05, 0.1) is 0 Å². The van der Waals surface area contributed by atoms with E-state index in [9.17, 15) is 0 Å². The Morgan fingerprint density at radius 3 is 2.75 bits per heavy atom. The number of thiophene rings is 1. The highest BCUT2D eigenvalue weighted by Crippen LogP contribution is 2.43. The molecule has 1 N–H and O–H groups in total. The molecule has 0 aliphatic heterocycles. The zero-order valence-electron chi connectivity index (χ0n) is 13.3. The minimum atomic E-state index is 0.569. The Morgan fingerprint density at radius 1 is 1.35 bits per heavy atom. The summed E-state index contributed by atoms with van der Waals surface area (Å²) in [6, 6.07) is 2.30. The third-order valence-corrected chi connectivity index (χ3v) is 5.94. The number of unbranched alkanes of at least 4 members (excludes halogenated alkanes) is 1. The maximum Gasteiger partial charge on any atom is 0.000492 e. The van der Waals surface area contributed by atoms with E-state index in [0.717, 1.165) is 5.92 Å². The van der Waals surface area contributed by atoms with Gasteiger partial charge < -0.3 is 5.32 Å². The van der Waals surface area contributed by atoms with Crippen LogP contribution in [-0.4, -0.2) is 13.6 Å². The van der Waals surface area contributed by atoms with Gasteiger partial charge in [0.2, 0.25) is 0 Å². The summed E-state index contributed by atoms with van der Waals surface area (Å²) < 4.78 is 0. The fraction of sp³-hybridized carbons (Fsp3) is 0.778. The minimum absolute atomic E-state index is 0.569. The van der Waals surface area contributed by atoms with E-state index >= 15 is 0 Å². The fourth-order valence-electron chi connectivity index (χ4n) is 3.81. The summed E-state index contributed by atoms with van der Waals surface area (Å²) in [5, 5.41) is 8.00. The monoisotopic (exact) mass is 293 g/mol. The molecule has 0 atom stereocenters. The van der Waals surface area contributed by atoms with E-state index < -0.39 is 0 Å². The van der Waals surface area contributed by atoms with Crippen LogP contribution in [0.5, 0.6) is 0 Å². The molecule has 1 aliphatic carbocycles. The predicted octanol–water partition coefficient (Wildman–Crippen LogP) is 5.27. The maximum atomic E-state index is 3.47. The molecule has 0 bridgehead atoms. The lowest BCUT2D eigenvalue weighted by atomic mass is 9.67. The van der Waals surface area contributed by atoms with Gasteiger partial charge in [-0.25, -0.2) is 0 Å². The Kier molecular flexibility index (Phi) is 6.57. The topological polar surface area (TPSA) is 12.0 Å². The highest BCUT2D eigenvalue weighted by molar-refractivity contribution is 7.07. The highest BCUT2D eigenvalue weighted by atomic mass is 32.1. The summed E-state index contributed by atoms with van der Waals surface area (Å²) in [4.78, 5) is 0. The lowest BCUT2D eigenvalue weighted by Gasteiger charge is -2.40. The van der Waals surface area contributed by atoms with Crippen LogP contribution in [0.2, 0.25) is 0 Å². The van der Waals surface area contributed by atoms with Gasteiger partial charge in [0, 0.05) is 6.54 Å². The zero-order valence-corrected chi connectivity index (χ0v) is 14.1. The highest BCUT2D eigenvalue weighted by Gasteiger charge is 2.34. The first-order valence-electron chi connectivity index (χ1n) is 8.44. The van der Waals surface area contributed by atoms with Gasteiger partial charge in [-0.1, -0.05) is 26.2 Å². The molecule has 1 saturated carbocycles. The molecule has 0 spiro atoms. The van der Waals surface area contributed by atoms with E-state index in [4.69, 9.17) is 0 Å². The smallest absolute Gasteiger partial charge is 0.000492 e. The molecule has 0 saturated heterocycles. The van der Waals surface area contributed by atoms with E-state index in [2.05, 4.69) is 36.1 Å². The Morgan fingerprint density at radius 2 is 2.15 bits per heavy atom. The third-order valence-electron chi connectivity index (χ3n) is 5.21. The van der Waals surface area contributed by atoms with Crippen molar-refractivity contribution in [2.45, 2.75) is 64.7 Å². The van der Waals surface area contributed by atoms with Gasteiger partial charge in [0.1, 0.15) is 0 Å². The molecule has 1 aromatic heterocycles. The van der Waals surface area contributed by atoms with Crippen molar-refractivity contribution in [3.05, 3.63) is 22.4 Å². The molecule has 2 rings (SSSR count). The Hall–Kier alpha value is -0.340. The normalized spacial score (nSPS) is 26.8. The molecular formula is C18H31NS. The Labute approximate surface area is 129 Å². The fourth-order valence-corrected chi connectivity index (χ4v) is 4.51. The molecule has 20 heavy (non-hydrogen) atoms. The van der Waals surface area contributed by atoms with Gasteiger partial charge in [-0.05, 0) is 79.3 Å². The van der Waals surface area contributed by atoms with Gasteiger partial charge >= 0.3 is 0 Å². The minimum Gasteiger partial charge on any atom is -0.319 e. The number of hydrogen-bond donors (Lipinski definition) is 1. The van der Waals surface area contributed by atoms with Crippen LogP contribution in [0.4, 0.5) is 0 Å². The summed E-state index contributed by atoms with van der Waals surface area (Å²) >= 11 is 1.83. The predicted molar refractivity (Wildman–Crippen MR) is 90.5 cm³/mol. The quantitative estimate of drug-likeness (QED) is 0.688. The van der Waals surface area contributed by atoms with Crippen LogP contribution in [0.1, 0.15) is 63.9 Å². The number of hydrogen-bond acceptors (Lipinski definition) is 2. The van der Waals surface area contributed by atoms with Crippen molar-refractivity contribution < 1.29 is 0 Å². The lowest BCUT2D eigenvalue weighted by Crippen LogP contribution is -2.37. The first-order valence-corrected chi connectivity index (χ1v) is 9.38. The Balaban J connectivity index is 1.84. The van der Waals surface area contributed by atoms with Crippen LogP contribution in [0.15, 0.2) is 16.8 Å². The lowest BCUT2D eigenvalue weighted by molar-refractivity contribution is 0.130. The van der Waals surface area contributed by atoms with Gasteiger partial charge in [-0.3, -0.25) is 0 Å². The number of rotatable bonds is 8. The molecule has 0 aromatic carbocycles. The molecular weight excluding hydrogens is 262 g/mol. The average Bonchev–Trinajstić information content (AvgIpc) is 2.98. The average molecular weight is 294 g/mol. The number of aryl methyl sites for hydroxylation is 1. The van der Waals surface area contributed by atoms with Crippen molar-refractivity contribution in [2.24, 2.45) is 11.3 Å². The van der Waals surface area contributed by atoms with Crippen LogP contribution < -0.4 is 5.32 Å². The molecule has 0 amide bonds. The summed E-state index contributed by atoms with van der Waals surface area (Å²) in [5.74, 6) is 1.01. The van der Waals surface area contributed by atoms with E-state index in [1.54, 1.807) is 5.56 Å². The second-order valence-electron chi connectivity index (χ2n) is 6.75. The van der Waals surface area contributed by atoms with Crippen LogP contribution in [0.3, 0.4) is 0 Å². The summed E-state index contributed by atoms with van der Waals surface area (Å²) in [5.41, 5.74) is 2.11. The Bertz CT molecular complexity index is 350. The van der Waals surface area contributed by atoms with Crippen molar-refractivity contribution in [2.75, 3.05) is 13.6 Å². The number of nitrogens with one attached hydrogen (secondary N) is 1. The van der Waals surface area contributed by atoms with Crippen molar-refractivity contribution >= 4 is 11.3 Å². The van der Waals surface area contributed by atoms with Crippen LogP contribution in [-0.2, 0) is 6.42 Å². The molecule has 1 fully saturated rings. The second kappa shape index (κ2) is 8.19. The van der Waals surface area contributed by atoms with Crippen LogP contribution in [0.25, 0.3) is 0 Å². The van der Waals surface area contributed by atoms with E-state index in [-0.39, 0.29) is 0 Å². The van der Waals surface area contributed by atoms with E-state index in [1.807, 2.05) is 11.3 Å². The standard InChI is InChI=1S/C18H31NS/c1-3-4-5-16-6-10-18(11-7-16,15-19-2)12-8-17-9-13-20-14-17/h9,13-14,16,19H,3-8,10-12,15H2,1-2H3. The summed E-state index contributed by atoms with van der Waals surface area (Å²) in [6.45, 7) is 3.52. The molecule has 114 valence electrons. The summed E-state index contributed by atoms with van der Waals surface area (Å²) in [7, 11) is 2.12. The van der Waals surface area contributed by atoms with E-state index in [0.29, 0.717) is 5.41 Å². The van der Waals surface area contributed by atoms with E-state index in [1.165, 1.54) is 64.3 Å². The second-order valence-corrected chi connectivity index (χ2v) is 7.53. The molecule has 0 unspecified atom stereocenters. The molecule has 1 aliphatic rings. The molecule has 1 heterocycles. The molecule has 1 nitrogen and oxygen atoms in total. The SMILES string of the molecule is CCCCC1CCC(CCc2ccsc2)(CNC)CC1. The largest absolute Gasteiger partial charge is 0.319 e. The van der Waals surface area contributed by atoms with Crippen molar-refractivity contribution in [3.63, 3.8) is 0 Å². The summed E-state index contributed by atoms with van der Waals surface area (Å²) in [6.07, 6.45) is 12.7. The van der Waals surface area contributed by atoms with Gasteiger partial charge in [0.25, 0.3) is 0 Å². The maximum absolute atomic E-state index is 3.47. The van der Waals surface area contributed by atoms with Gasteiger partial charge in [-0.15, -0.1) is 0 Å². The van der Waals surface area contributed by atoms with Gasteiger partial charge in [-0.2, -0.15) is 11.3 Å². The van der Waals surface area contributed by atoms with Crippen LogP contribution >= 0.6 is 11.3 Å². The molecule has 0 radical (unpaired) electrons. The molecule has 2 heteroatoms. The zero-order chi connectivity index (χ0) is 14.3.